The third-order valence-electron chi connectivity index (χ3n) is 5.17. The SMILES string of the molecule is C1CC2(CCO1)CC1(CO2)CC2(CCOCC2)O1. The molecule has 0 saturated carbocycles. The average molecular weight is 254 g/mol. The summed E-state index contributed by atoms with van der Waals surface area (Å²) in [6, 6.07) is 0. The van der Waals surface area contributed by atoms with E-state index in [0.717, 1.165) is 65.1 Å². The molecule has 0 aromatic carbocycles. The predicted octanol–water partition coefficient (Wildman–Crippen LogP) is 1.66. The first-order chi connectivity index (χ1) is 8.74. The van der Waals surface area contributed by atoms with Gasteiger partial charge in [-0.25, -0.2) is 0 Å². The molecule has 0 radical (unpaired) electrons. The van der Waals surface area contributed by atoms with Gasteiger partial charge < -0.3 is 18.9 Å². The van der Waals surface area contributed by atoms with Crippen LogP contribution in [0.4, 0.5) is 0 Å². The van der Waals surface area contributed by atoms with Crippen LogP contribution in [0, 0.1) is 0 Å². The van der Waals surface area contributed by atoms with E-state index in [1.807, 2.05) is 0 Å². The van der Waals surface area contributed by atoms with Gasteiger partial charge in [0.05, 0.1) is 23.4 Å². The van der Waals surface area contributed by atoms with Crippen molar-refractivity contribution in [2.24, 2.45) is 0 Å². The van der Waals surface area contributed by atoms with E-state index in [2.05, 4.69) is 0 Å². The van der Waals surface area contributed by atoms with Crippen LogP contribution >= 0.6 is 0 Å². The van der Waals surface area contributed by atoms with Crippen molar-refractivity contribution in [2.45, 2.75) is 55.3 Å². The molecule has 1 atom stereocenters. The predicted molar refractivity (Wildman–Crippen MR) is 64.6 cm³/mol. The molecule has 0 N–H and O–H groups in total. The third-order valence-corrected chi connectivity index (χ3v) is 5.17. The summed E-state index contributed by atoms with van der Waals surface area (Å²) in [6.45, 7) is 4.19. The Morgan fingerprint density at radius 1 is 0.611 bits per heavy atom. The van der Waals surface area contributed by atoms with Gasteiger partial charge in [-0.05, 0) is 25.7 Å². The molecule has 0 amide bonds. The highest BCUT2D eigenvalue weighted by molar-refractivity contribution is 5.11. The van der Waals surface area contributed by atoms with Gasteiger partial charge in [-0.1, -0.05) is 0 Å². The Morgan fingerprint density at radius 3 is 1.78 bits per heavy atom. The second-order valence-electron chi connectivity index (χ2n) is 6.52. The summed E-state index contributed by atoms with van der Waals surface area (Å²) in [6.07, 6.45) is 6.44. The Morgan fingerprint density at radius 2 is 1.17 bits per heavy atom. The van der Waals surface area contributed by atoms with Gasteiger partial charge in [-0.2, -0.15) is 0 Å². The number of rotatable bonds is 0. The largest absolute Gasteiger partial charge is 0.381 e. The zero-order valence-electron chi connectivity index (χ0n) is 10.9. The monoisotopic (exact) mass is 254 g/mol. The summed E-state index contributed by atoms with van der Waals surface area (Å²) >= 11 is 0. The van der Waals surface area contributed by atoms with Gasteiger partial charge in [0.25, 0.3) is 0 Å². The van der Waals surface area contributed by atoms with Crippen LogP contribution in [-0.2, 0) is 18.9 Å². The van der Waals surface area contributed by atoms with Crippen molar-refractivity contribution in [1.29, 1.82) is 0 Å². The van der Waals surface area contributed by atoms with Gasteiger partial charge in [0, 0.05) is 39.3 Å². The standard InChI is InChI=1S/C14H22O4/c1-5-15-6-2-12(1)9-14(11-17-12)10-13(18-14)3-7-16-8-4-13/h1-11H2. The van der Waals surface area contributed by atoms with E-state index in [9.17, 15) is 0 Å². The maximum absolute atomic E-state index is 6.40. The van der Waals surface area contributed by atoms with E-state index >= 15 is 0 Å². The minimum Gasteiger partial charge on any atom is -0.381 e. The summed E-state index contributed by atoms with van der Waals surface area (Å²) < 4.78 is 23.4. The van der Waals surface area contributed by atoms with Crippen LogP contribution in [0.15, 0.2) is 0 Å². The Labute approximate surface area is 108 Å². The van der Waals surface area contributed by atoms with Gasteiger partial charge in [-0.3, -0.25) is 0 Å². The molecule has 4 aliphatic rings. The molecule has 3 spiro atoms. The first-order valence-electron chi connectivity index (χ1n) is 7.24. The summed E-state index contributed by atoms with van der Waals surface area (Å²) in [5.74, 6) is 0. The molecule has 4 heterocycles. The van der Waals surface area contributed by atoms with Crippen LogP contribution in [-0.4, -0.2) is 49.8 Å². The second-order valence-corrected chi connectivity index (χ2v) is 6.52. The minimum absolute atomic E-state index is 0.0225. The molecule has 102 valence electrons. The van der Waals surface area contributed by atoms with Gasteiger partial charge in [0.15, 0.2) is 0 Å². The van der Waals surface area contributed by atoms with E-state index in [1.165, 1.54) is 6.42 Å². The normalized spacial score (nSPS) is 41.3. The molecule has 4 rings (SSSR count). The fraction of sp³-hybridized carbons (Fsp3) is 1.00. The van der Waals surface area contributed by atoms with E-state index in [1.54, 1.807) is 0 Å². The van der Waals surface area contributed by atoms with Crippen molar-refractivity contribution in [3.8, 4) is 0 Å². The number of hydrogen-bond acceptors (Lipinski definition) is 4. The molecular weight excluding hydrogens is 232 g/mol. The van der Waals surface area contributed by atoms with Crippen LogP contribution in [0.5, 0.6) is 0 Å². The Bertz CT molecular complexity index is 321. The highest BCUT2D eigenvalue weighted by atomic mass is 16.6. The number of ether oxygens (including phenoxy) is 4. The van der Waals surface area contributed by atoms with E-state index < -0.39 is 0 Å². The maximum atomic E-state index is 6.40. The average Bonchev–Trinajstić information content (AvgIpc) is 2.70. The summed E-state index contributed by atoms with van der Waals surface area (Å²) in [4.78, 5) is 0. The fourth-order valence-corrected chi connectivity index (χ4v) is 4.28. The van der Waals surface area contributed by atoms with Crippen molar-refractivity contribution >= 4 is 0 Å². The number of hydrogen-bond donors (Lipinski definition) is 0. The lowest BCUT2D eigenvalue weighted by molar-refractivity contribution is -0.292. The lowest BCUT2D eigenvalue weighted by Gasteiger charge is -2.56. The van der Waals surface area contributed by atoms with E-state index in [4.69, 9.17) is 18.9 Å². The molecule has 4 fully saturated rings. The Balaban J connectivity index is 1.42. The molecule has 18 heavy (non-hydrogen) atoms. The molecule has 4 heteroatoms. The van der Waals surface area contributed by atoms with Crippen LogP contribution < -0.4 is 0 Å². The van der Waals surface area contributed by atoms with Crippen molar-refractivity contribution in [2.75, 3.05) is 33.0 Å². The van der Waals surface area contributed by atoms with Gasteiger partial charge in [0.2, 0.25) is 0 Å². The Hall–Kier alpha value is -0.160. The first-order valence-corrected chi connectivity index (χ1v) is 7.24. The molecule has 4 aliphatic heterocycles. The molecule has 0 aliphatic carbocycles. The second kappa shape index (κ2) is 3.92. The van der Waals surface area contributed by atoms with Crippen LogP contribution in [0.3, 0.4) is 0 Å². The lowest BCUT2D eigenvalue weighted by Crippen LogP contribution is -2.62. The lowest BCUT2D eigenvalue weighted by atomic mass is 9.71. The van der Waals surface area contributed by atoms with Gasteiger partial charge in [-0.15, -0.1) is 0 Å². The maximum Gasteiger partial charge on any atom is 0.0977 e. The van der Waals surface area contributed by atoms with Crippen molar-refractivity contribution in [1.82, 2.24) is 0 Å². The molecular formula is C14H22O4. The van der Waals surface area contributed by atoms with Crippen molar-refractivity contribution < 1.29 is 18.9 Å². The van der Waals surface area contributed by atoms with Crippen molar-refractivity contribution in [3.63, 3.8) is 0 Å². The molecule has 0 aromatic heterocycles. The van der Waals surface area contributed by atoms with Crippen LogP contribution in [0.2, 0.25) is 0 Å². The summed E-state index contributed by atoms with van der Waals surface area (Å²) in [5.41, 5.74) is 0.206. The van der Waals surface area contributed by atoms with E-state index in [-0.39, 0.29) is 16.8 Å². The first kappa shape index (κ1) is 11.6. The smallest absolute Gasteiger partial charge is 0.0977 e. The third kappa shape index (κ3) is 1.73. The van der Waals surface area contributed by atoms with Gasteiger partial charge >= 0.3 is 0 Å². The highest BCUT2D eigenvalue weighted by Gasteiger charge is 2.62. The van der Waals surface area contributed by atoms with Gasteiger partial charge in [0.1, 0.15) is 0 Å². The molecule has 0 bridgehead atoms. The molecule has 1 unspecified atom stereocenters. The fourth-order valence-electron chi connectivity index (χ4n) is 4.28. The molecule has 4 nitrogen and oxygen atoms in total. The quantitative estimate of drug-likeness (QED) is 0.659. The minimum atomic E-state index is 0.0225. The summed E-state index contributed by atoms with van der Waals surface area (Å²) in [7, 11) is 0. The zero-order valence-corrected chi connectivity index (χ0v) is 10.9. The van der Waals surface area contributed by atoms with E-state index in [0.29, 0.717) is 0 Å². The van der Waals surface area contributed by atoms with Crippen LogP contribution in [0.1, 0.15) is 38.5 Å². The zero-order chi connectivity index (χ0) is 12.1. The van der Waals surface area contributed by atoms with Crippen LogP contribution in [0.25, 0.3) is 0 Å². The Kier molecular flexibility index (Phi) is 2.54. The highest BCUT2D eigenvalue weighted by Crippen LogP contribution is 2.56. The van der Waals surface area contributed by atoms with Crippen molar-refractivity contribution in [3.05, 3.63) is 0 Å². The molecule has 4 saturated heterocycles. The topological polar surface area (TPSA) is 36.9 Å². The molecule has 0 aromatic rings. The summed E-state index contributed by atoms with van der Waals surface area (Å²) in [5, 5.41) is 0.